The molecule has 0 aliphatic rings. The Balaban J connectivity index is 1.57. The number of hydrogen-bond donors (Lipinski definition) is 2. The number of halogens is 1. The Hall–Kier alpha value is -2.78. The standard InChI is InChI=1S/C16H17FN4O4/c1-10(15-5-11-3-2-4-14(17)16(11)25-15)18-7-13(22)9-20-8-12(6-19-20)21(23)24/h2-6,8,10,13,18,22H,7,9H2,1H3. The van der Waals surface area contributed by atoms with Crippen LogP contribution in [0.2, 0.25) is 0 Å². The first kappa shape index (κ1) is 17.1. The maximum Gasteiger partial charge on any atom is 0.306 e. The number of fused-ring (bicyclic) bond motifs is 1. The van der Waals surface area contributed by atoms with Crippen LogP contribution in [0.15, 0.2) is 41.1 Å². The lowest BCUT2D eigenvalue weighted by Crippen LogP contribution is -2.32. The Kier molecular flexibility index (Phi) is 4.77. The molecule has 2 aromatic heterocycles. The monoisotopic (exact) mass is 348 g/mol. The van der Waals surface area contributed by atoms with E-state index in [9.17, 15) is 19.6 Å². The van der Waals surface area contributed by atoms with E-state index in [-0.39, 0.29) is 30.4 Å². The van der Waals surface area contributed by atoms with Gasteiger partial charge in [0.2, 0.25) is 0 Å². The average Bonchev–Trinajstić information content (AvgIpc) is 3.20. The van der Waals surface area contributed by atoms with Crippen molar-refractivity contribution in [2.45, 2.75) is 25.6 Å². The summed E-state index contributed by atoms with van der Waals surface area (Å²) in [4.78, 5) is 10.1. The highest BCUT2D eigenvalue weighted by atomic mass is 19.1. The second-order valence-electron chi connectivity index (χ2n) is 5.77. The second-order valence-corrected chi connectivity index (χ2v) is 5.77. The average molecular weight is 348 g/mol. The third-order valence-electron chi connectivity index (χ3n) is 3.83. The lowest BCUT2D eigenvalue weighted by molar-refractivity contribution is -0.385. The van der Waals surface area contributed by atoms with Gasteiger partial charge in [-0.3, -0.25) is 14.8 Å². The maximum absolute atomic E-state index is 13.7. The normalized spacial score (nSPS) is 13.9. The van der Waals surface area contributed by atoms with Gasteiger partial charge in [-0.05, 0) is 19.1 Å². The van der Waals surface area contributed by atoms with Crippen LogP contribution in [0.1, 0.15) is 18.7 Å². The molecule has 2 N–H and O–H groups in total. The third-order valence-corrected chi connectivity index (χ3v) is 3.83. The van der Waals surface area contributed by atoms with E-state index in [0.717, 1.165) is 6.20 Å². The van der Waals surface area contributed by atoms with Crippen molar-refractivity contribution in [2.24, 2.45) is 0 Å². The van der Waals surface area contributed by atoms with Gasteiger partial charge >= 0.3 is 5.69 Å². The smallest absolute Gasteiger partial charge is 0.306 e. The third kappa shape index (κ3) is 3.83. The Bertz CT molecular complexity index is 891. The molecule has 2 unspecified atom stereocenters. The molecule has 25 heavy (non-hydrogen) atoms. The molecule has 0 radical (unpaired) electrons. The number of rotatable bonds is 7. The van der Waals surface area contributed by atoms with Gasteiger partial charge in [-0.25, -0.2) is 4.39 Å². The van der Waals surface area contributed by atoms with Crippen molar-refractivity contribution >= 4 is 16.7 Å². The van der Waals surface area contributed by atoms with Crippen molar-refractivity contribution in [1.82, 2.24) is 15.1 Å². The van der Waals surface area contributed by atoms with E-state index in [1.54, 1.807) is 18.2 Å². The van der Waals surface area contributed by atoms with E-state index in [1.165, 1.54) is 16.9 Å². The Labute approximate surface area is 142 Å². The van der Waals surface area contributed by atoms with Crippen LogP contribution in [0.25, 0.3) is 11.0 Å². The minimum absolute atomic E-state index is 0.113. The fourth-order valence-corrected chi connectivity index (χ4v) is 2.50. The van der Waals surface area contributed by atoms with Crippen LogP contribution >= 0.6 is 0 Å². The van der Waals surface area contributed by atoms with Gasteiger partial charge in [0.1, 0.15) is 18.2 Å². The van der Waals surface area contributed by atoms with Gasteiger partial charge in [0, 0.05) is 11.9 Å². The molecule has 8 nitrogen and oxygen atoms in total. The highest BCUT2D eigenvalue weighted by Crippen LogP contribution is 2.25. The number of aliphatic hydroxyl groups excluding tert-OH is 1. The Morgan fingerprint density at radius 3 is 3.00 bits per heavy atom. The predicted molar refractivity (Wildman–Crippen MR) is 87.5 cm³/mol. The molecule has 3 rings (SSSR count). The molecule has 0 aliphatic heterocycles. The molecule has 0 saturated carbocycles. The topological polar surface area (TPSA) is 106 Å². The van der Waals surface area contributed by atoms with Crippen molar-refractivity contribution in [3.63, 3.8) is 0 Å². The summed E-state index contributed by atoms with van der Waals surface area (Å²) in [5, 5.41) is 28.2. The molecule has 0 bridgehead atoms. The molecule has 9 heteroatoms. The number of aliphatic hydroxyl groups is 1. The number of hydrogen-bond acceptors (Lipinski definition) is 6. The highest BCUT2D eigenvalue weighted by Gasteiger charge is 2.16. The Morgan fingerprint density at radius 2 is 2.32 bits per heavy atom. The number of para-hydroxylation sites is 1. The molecule has 0 spiro atoms. The SMILES string of the molecule is CC(NCC(O)Cn1cc([N+](=O)[O-])cn1)c1cc2cccc(F)c2o1. The number of nitro groups is 1. The van der Waals surface area contributed by atoms with Crippen LogP contribution in [-0.2, 0) is 6.54 Å². The molecule has 2 atom stereocenters. The van der Waals surface area contributed by atoms with Crippen LogP contribution in [-0.4, -0.2) is 32.5 Å². The van der Waals surface area contributed by atoms with Gasteiger partial charge in [0.15, 0.2) is 11.4 Å². The molecule has 0 saturated heterocycles. The predicted octanol–water partition coefficient (Wildman–Crippen LogP) is 2.39. The van der Waals surface area contributed by atoms with E-state index in [1.807, 2.05) is 6.92 Å². The molecule has 1 aromatic carbocycles. The second kappa shape index (κ2) is 6.99. The molecule has 0 amide bonds. The summed E-state index contributed by atoms with van der Waals surface area (Å²) >= 11 is 0. The van der Waals surface area contributed by atoms with Gasteiger partial charge in [-0.1, -0.05) is 12.1 Å². The van der Waals surface area contributed by atoms with Gasteiger partial charge in [-0.15, -0.1) is 0 Å². The van der Waals surface area contributed by atoms with E-state index in [2.05, 4.69) is 10.4 Å². The summed E-state index contributed by atoms with van der Waals surface area (Å²) in [6, 6.07) is 6.22. The largest absolute Gasteiger partial charge is 0.456 e. The van der Waals surface area contributed by atoms with Crippen LogP contribution in [0.5, 0.6) is 0 Å². The van der Waals surface area contributed by atoms with Crippen LogP contribution in [0, 0.1) is 15.9 Å². The number of furan rings is 1. The first-order chi connectivity index (χ1) is 11.9. The molecular formula is C16H17FN4O4. The van der Waals surface area contributed by atoms with Gasteiger partial charge < -0.3 is 14.8 Å². The van der Waals surface area contributed by atoms with E-state index in [0.29, 0.717) is 11.1 Å². The summed E-state index contributed by atoms with van der Waals surface area (Å²) in [6.07, 6.45) is 1.59. The zero-order valence-electron chi connectivity index (χ0n) is 13.4. The number of benzene rings is 1. The van der Waals surface area contributed by atoms with Crippen LogP contribution in [0.4, 0.5) is 10.1 Å². The minimum Gasteiger partial charge on any atom is -0.456 e. The van der Waals surface area contributed by atoms with Crippen molar-refractivity contribution in [3.05, 3.63) is 58.4 Å². The van der Waals surface area contributed by atoms with E-state index < -0.39 is 16.8 Å². The van der Waals surface area contributed by atoms with Crippen molar-refractivity contribution in [3.8, 4) is 0 Å². The quantitative estimate of drug-likeness (QED) is 0.501. The minimum atomic E-state index is -0.803. The van der Waals surface area contributed by atoms with E-state index in [4.69, 9.17) is 4.42 Å². The van der Waals surface area contributed by atoms with Crippen LogP contribution < -0.4 is 5.32 Å². The van der Waals surface area contributed by atoms with Crippen LogP contribution in [0.3, 0.4) is 0 Å². The van der Waals surface area contributed by atoms with Crippen molar-refractivity contribution < 1.29 is 18.8 Å². The van der Waals surface area contributed by atoms with E-state index >= 15 is 0 Å². The summed E-state index contributed by atoms with van der Waals surface area (Å²) in [5.41, 5.74) is 0.0772. The first-order valence-corrected chi connectivity index (χ1v) is 7.70. The summed E-state index contributed by atoms with van der Waals surface area (Å²) in [6.45, 7) is 2.16. The molecule has 0 fully saturated rings. The number of nitrogens with zero attached hydrogens (tertiary/aromatic N) is 3. The zero-order chi connectivity index (χ0) is 18.0. The lowest BCUT2D eigenvalue weighted by Gasteiger charge is -2.15. The highest BCUT2D eigenvalue weighted by molar-refractivity contribution is 5.78. The zero-order valence-corrected chi connectivity index (χ0v) is 13.4. The number of aromatic nitrogens is 2. The van der Waals surface area contributed by atoms with Crippen molar-refractivity contribution in [2.75, 3.05) is 6.54 Å². The lowest BCUT2D eigenvalue weighted by atomic mass is 10.2. The summed E-state index contributed by atoms with van der Waals surface area (Å²) < 4.78 is 20.5. The molecular weight excluding hydrogens is 331 g/mol. The fraction of sp³-hybridized carbons (Fsp3) is 0.312. The van der Waals surface area contributed by atoms with Gasteiger partial charge in [0.05, 0.1) is 23.6 Å². The number of nitrogens with one attached hydrogen (secondary N) is 1. The first-order valence-electron chi connectivity index (χ1n) is 7.70. The fourth-order valence-electron chi connectivity index (χ4n) is 2.50. The van der Waals surface area contributed by atoms with Gasteiger partial charge in [0.25, 0.3) is 0 Å². The maximum atomic E-state index is 13.7. The van der Waals surface area contributed by atoms with Gasteiger partial charge in [-0.2, -0.15) is 5.10 Å². The molecule has 3 aromatic rings. The summed E-state index contributed by atoms with van der Waals surface area (Å²) in [5.74, 6) is 0.137. The molecule has 2 heterocycles. The molecule has 132 valence electrons. The Morgan fingerprint density at radius 1 is 1.52 bits per heavy atom. The van der Waals surface area contributed by atoms with Crippen molar-refractivity contribution in [1.29, 1.82) is 0 Å². The summed E-state index contributed by atoms with van der Waals surface area (Å²) in [7, 11) is 0. The molecule has 0 aliphatic carbocycles.